The van der Waals surface area contributed by atoms with E-state index < -0.39 is 0 Å². The summed E-state index contributed by atoms with van der Waals surface area (Å²) in [4.78, 5) is 4.35. The number of hydrogen-bond donors (Lipinski definition) is 0. The SMILES string of the molecule is C=CC(CC(CC)CCC)=N/C=C\C. The van der Waals surface area contributed by atoms with E-state index in [0.29, 0.717) is 0 Å². The molecule has 1 atom stereocenters. The lowest BCUT2D eigenvalue weighted by atomic mass is 9.94. The van der Waals surface area contributed by atoms with Crippen LogP contribution in [0, 0.1) is 5.92 Å². The largest absolute Gasteiger partial charge is 0.262 e. The van der Waals surface area contributed by atoms with Crippen LogP contribution in [0.5, 0.6) is 0 Å². The van der Waals surface area contributed by atoms with E-state index in [2.05, 4.69) is 25.4 Å². The van der Waals surface area contributed by atoms with Crippen LogP contribution >= 0.6 is 0 Å². The summed E-state index contributed by atoms with van der Waals surface area (Å²) in [5.41, 5.74) is 1.11. The summed E-state index contributed by atoms with van der Waals surface area (Å²) < 4.78 is 0. The molecule has 0 aromatic rings. The molecule has 0 saturated heterocycles. The van der Waals surface area contributed by atoms with Crippen molar-refractivity contribution in [2.45, 2.75) is 46.5 Å². The maximum Gasteiger partial charge on any atom is 0.0400 e. The van der Waals surface area contributed by atoms with Gasteiger partial charge in [-0.05, 0) is 25.3 Å². The molecule has 1 nitrogen and oxygen atoms in total. The van der Waals surface area contributed by atoms with Crippen molar-refractivity contribution in [3.05, 3.63) is 24.9 Å². The number of nitrogens with zero attached hydrogens (tertiary/aromatic N) is 1. The van der Waals surface area contributed by atoms with E-state index in [1.807, 2.05) is 25.3 Å². The van der Waals surface area contributed by atoms with Crippen molar-refractivity contribution in [2.75, 3.05) is 0 Å². The lowest BCUT2D eigenvalue weighted by Crippen LogP contribution is -2.05. The Kier molecular flexibility index (Phi) is 8.20. The number of aliphatic imine (C=N–C) groups is 1. The van der Waals surface area contributed by atoms with Gasteiger partial charge in [0, 0.05) is 11.9 Å². The van der Waals surface area contributed by atoms with Crippen LogP contribution in [-0.2, 0) is 0 Å². The summed E-state index contributed by atoms with van der Waals surface area (Å²) in [7, 11) is 0. The van der Waals surface area contributed by atoms with Crippen LogP contribution in [0.25, 0.3) is 0 Å². The van der Waals surface area contributed by atoms with Crippen molar-refractivity contribution < 1.29 is 0 Å². The average Bonchev–Trinajstić information content (AvgIpc) is 2.22. The maximum absolute atomic E-state index is 4.35. The fourth-order valence-corrected chi connectivity index (χ4v) is 1.51. The molecular weight excluding hydrogens is 170 g/mol. The molecule has 0 rings (SSSR count). The van der Waals surface area contributed by atoms with Gasteiger partial charge in [0.25, 0.3) is 0 Å². The van der Waals surface area contributed by atoms with Crippen LogP contribution in [0.4, 0.5) is 0 Å². The molecule has 0 aliphatic carbocycles. The first-order valence-electron chi connectivity index (χ1n) is 5.58. The van der Waals surface area contributed by atoms with E-state index in [4.69, 9.17) is 0 Å². The maximum atomic E-state index is 4.35. The van der Waals surface area contributed by atoms with E-state index in [-0.39, 0.29) is 0 Å². The van der Waals surface area contributed by atoms with Gasteiger partial charge in [-0.2, -0.15) is 0 Å². The van der Waals surface area contributed by atoms with Crippen molar-refractivity contribution in [1.29, 1.82) is 0 Å². The Morgan fingerprint density at radius 2 is 2.14 bits per heavy atom. The van der Waals surface area contributed by atoms with Gasteiger partial charge in [0.2, 0.25) is 0 Å². The van der Waals surface area contributed by atoms with Crippen molar-refractivity contribution >= 4 is 5.71 Å². The van der Waals surface area contributed by atoms with E-state index in [1.165, 1.54) is 19.3 Å². The van der Waals surface area contributed by atoms with Gasteiger partial charge in [0.1, 0.15) is 0 Å². The summed E-state index contributed by atoms with van der Waals surface area (Å²) in [5, 5.41) is 0. The zero-order valence-corrected chi connectivity index (χ0v) is 9.79. The van der Waals surface area contributed by atoms with Crippen LogP contribution in [0.2, 0.25) is 0 Å². The molecule has 0 saturated carbocycles. The molecule has 0 N–H and O–H groups in total. The molecule has 0 amide bonds. The first kappa shape index (κ1) is 13.2. The third kappa shape index (κ3) is 5.74. The average molecular weight is 193 g/mol. The van der Waals surface area contributed by atoms with Crippen LogP contribution in [0.3, 0.4) is 0 Å². The summed E-state index contributed by atoms with van der Waals surface area (Å²) in [6, 6.07) is 0. The highest BCUT2D eigenvalue weighted by atomic mass is 14.7. The minimum absolute atomic E-state index is 0.766. The summed E-state index contributed by atoms with van der Waals surface area (Å²) >= 11 is 0. The zero-order chi connectivity index (χ0) is 10.8. The minimum Gasteiger partial charge on any atom is -0.262 e. The first-order valence-corrected chi connectivity index (χ1v) is 5.58. The molecular formula is C13H23N. The summed E-state index contributed by atoms with van der Waals surface area (Å²) in [6.45, 7) is 10.3. The molecule has 1 unspecified atom stereocenters. The monoisotopic (exact) mass is 193 g/mol. The van der Waals surface area contributed by atoms with Crippen LogP contribution < -0.4 is 0 Å². The second kappa shape index (κ2) is 8.74. The number of hydrogen-bond acceptors (Lipinski definition) is 1. The molecule has 0 spiro atoms. The van der Waals surface area contributed by atoms with Crippen LogP contribution in [0.15, 0.2) is 29.9 Å². The first-order chi connectivity index (χ1) is 6.78. The predicted octanol–water partition coefficient (Wildman–Crippen LogP) is 4.36. The minimum atomic E-state index is 0.766. The lowest BCUT2D eigenvalue weighted by Gasteiger charge is -2.12. The molecule has 0 aliphatic heterocycles. The normalized spacial score (nSPS) is 14.6. The quantitative estimate of drug-likeness (QED) is 0.533. The van der Waals surface area contributed by atoms with E-state index in [9.17, 15) is 0 Å². The third-order valence-corrected chi connectivity index (χ3v) is 2.40. The Hall–Kier alpha value is -0.850. The van der Waals surface area contributed by atoms with Gasteiger partial charge in [-0.1, -0.05) is 45.8 Å². The van der Waals surface area contributed by atoms with Gasteiger partial charge in [-0.3, -0.25) is 4.99 Å². The fourth-order valence-electron chi connectivity index (χ4n) is 1.51. The van der Waals surface area contributed by atoms with Gasteiger partial charge in [0.05, 0.1) is 0 Å². The van der Waals surface area contributed by atoms with Crippen LogP contribution in [-0.4, -0.2) is 5.71 Å². The van der Waals surface area contributed by atoms with Crippen molar-refractivity contribution in [1.82, 2.24) is 0 Å². The molecule has 0 aromatic carbocycles. The van der Waals surface area contributed by atoms with Crippen molar-refractivity contribution in [3.63, 3.8) is 0 Å². The van der Waals surface area contributed by atoms with Crippen molar-refractivity contribution in [2.24, 2.45) is 10.9 Å². The molecule has 1 heteroatoms. The lowest BCUT2D eigenvalue weighted by molar-refractivity contribution is 0.482. The smallest absolute Gasteiger partial charge is 0.0400 e. The fraction of sp³-hybridized carbons (Fsp3) is 0.615. The zero-order valence-electron chi connectivity index (χ0n) is 9.79. The Balaban J connectivity index is 4.20. The Morgan fingerprint density at radius 1 is 1.43 bits per heavy atom. The van der Waals surface area contributed by atoms with Gasteiger partial charge < -0.3 is 0 Å². The van der Waals surface area contributed by atoms with E-state index in [0.717, 1.165) is 18.1 Å². The predicted molar refractivity (Wildman–Crippen MR) is 65.8 cm³/mol. The third-order valence-electron chi connectivity index (χ3n) is 2.40. The molecule has 0 aliphatic rings. The van der Waals surface area contributed by atoms with Gasteiger partial charge in [-0.15, -0.1) is 0 Å². The number of rotatable bonds is 7. The topological polar surface area (TPSA) is 12.4 Å². The molecule has 14 heavy (non-hydrogen) atoms. The van der Waals surface area contributed by atoms with E-state index in [1.54, 1.807) is 0 Å². The van der Waals surface area contributed by atoms with Gasteiger partial charge >= 0.3 is 0 Å². The van der Waals surface area contributed by atoms with E-state index >= 15 is 0 Å². The molecule has 0 heterocycles. The number of allylic oxidation sites excluding steroid dienone is 2. The summed E-state index contributed by atoms with van der Waals surface area (Å²) in [6.07, 6.45) is 10.5. The summed E-state index contributed by atoms with van der Waals surface area (Å²) in [5.74, 6) is 0.766. The molecule has 0 bridgehead atoms. The molecule has 0 fully saturated rings. The second-order valence-corrected chi connectivity index (χ2v) is 3.57. The standard InChI is InChI=1S/C13H23N/c1-5-9-12(7-3)11-13(8-4)14-10-6-2/h6,8,10,12H,4-5,7,9,11H2,1-3H3/b10-6-,14-13?. The highest BCUT2D eigenvalue weighted by Crippen LogP contribution is 2.16. The molecule has 0 radical (unpaired) electrons. The highest BCUT2D eigenvalue weighted by Gasteiger charge is 2.06. The van der Waals surface area contributed by atoms with Gasteiger partial charge in [-0.25, -0.2) is 0 Å². The Labute approximate surface area is 88.6 Å². The molecule has 0 aromatic heterocycles. The van der Waals surface area contributed by atoms with Gasteiger partial charge in [0.15, 0.2) is 0 Å². The Morgan fingerprint density at radius 3 is 2.57 bits per heavy atom. The molecule has 80 valence electrons. The second-order valence-electron chi connectivity index (χ2n) is 3.57. The highest BCUT2D eigenvalue weighted by molar-refractivity contribution is 5.95. The Bertz CT molecular complexity index is 201. The van der Waals surface area contributed by atoms with Crippen LogP contribution in [0.1, 0.15) is 46.5 Å². The van der Waals surface area contributed by atoms with Crippen molar-refractivity contribution in [3.8, 4) is 0 Å².